The van der Waals surface area contributed by atoms with Crippen LogP contribution in [0, 0.1) is 5.92 Å². The maximum absolute atomic E-state index is 12.7. The van der Waals surface area contributed by atoms with Gasteiger partial charge in [-0.2, -0.15) is 0 Å². The van der Waals surface area contributed by atoms with Gasteiger partial charge < -0.3 is 14.5 Å². The van der Waals surface area contributed by atoms with Gasteiger partial charge in [0.2, 0.25) is 0 Å². The molecule has 1 N–H and O–H groups in total. The van der Waals surface area contributed by atoms with Crippen LogP contribution in [0.15, 0.2) is 69.9 Å². The first-order valence-electron chi connectivity index (χ1n) is 10.2. The standard InChI is InChI=1S/C24H25NO4/c26-22(16-28-20-13-11-17-12-14-23(27)29-21(17)15-20)25-24(18-7-3-1-4-8-18)19-9-5-2-6-10-19/h1,3-4,7-8,11-15,19,24H,2,5-6,9-10,16H2,(H,25,26). The fraction of sp³-hybridized carbons (Fsp3) is 0.333. The summed E-state index contributed by atoms with van der Waals surface area (Å²) in [6, 6.07) is 18.5. The van der Waals surface area contributed by atoms with E-state index in [-0.39, 0.29) is 18.6 Å². The second kappa shape index (κ2) is 8.95. The highest BCUT2D eigenvalue weighted by Gasteiger charge is 2.26. The molecule has 0 aliphatic heterocycles. The molecule has 2 aromatic carbocycles. The van der Waals surface area contributed by atoms with E-state index in [4.69, 9.17) is 9.15 Å². The average Bonchev–Trinajstić information content (AvgIpc) is 2.77. The summed E-state index contributed by atoms with van der Waals surface area (Å²) in [5, 5.41) is 3.99. The molecule has 1 saturated carbocycles. The second-order valence-corrected chi connectivity index (χ2v) is 7.60. The molecule has 1 heterocycles. The first kappa shape index (κ1) is 19.2. The van der Waals surface area contributed by atoms with E-state index >= 15 is 0 Å². The van der Waals surface area contributed by atoms with Crippen LogP contribution in [0.1, 0.15) is 43.7 Å². The molecule has 5 heteroatoms. The minimum Gasteiger partial charge on any atom is -0.484 e. The molecule has 5 nitrogen and oxygen atoms in total. The van der Waals surface area contributed by atoms with Gasteiger partial charge in [0.15, 0.2) is 6.61 Å². The summed E-state index contributed by atoms with van der Waals surface area (Å²) in [5.74, 6) is 0.792. The van der Waals surface area contributed by atoms with Gasteiger partial charge in [-0.15, -0.1) is 0 Å². The highest BCUT2D eigenvalue weighted by Crippen LogP contribution is 2.34. The maximum Gasteiger partial charge on any atom is 0.336 e. The topological polar surface area (TPSA) is 68.5 Å². The molecular formula is C24H25NO4. The van der Waals surface area contributed by atoms with Gasteiger partial charge in [0.1, 0.15) is 11.3 Å². The highest BCUT2D eigenvalue weighted by molar-refractivity contribution is 5.79. The van der Waals surface area contributed by atoms with E-state index in [1.54, 1.807) is 24.3 Å². The Kier molecular flexibility index (Phi) is 5.94. The van der Waals surface area contributed by atoms with Gasteiger partial charge in [-0.25, -0.2) is 4.79 Å². The van der Waals surface area contributed by atoms with Crippen molar-refractivity contribution in [3.8, 4) is 5.75 Å². The Labute approximate surface area is 169 Å². The predicted molar refractivity (Wildman–Crippen MR) is 112 cm³/mol. The Morgan fingerprint density at radius 3 is 2.59 bits per heavy atom. The molecule has 0 spiro atoms. The smallest absolute Gasteiger partial charge is 0.336 e. The monoisotopic (exact) mass is 391 g/mol. The first-order valence-corrected chi connectivity index (χ1v) is 10.2. The third-order valence-corrected chi connectivity index (χ3v) is 5.56. The predicted octanol–water partition coefficient (Wildman–Crippen LogP) is 4.61. The highest BCUT2D eigenvalue weighted by atomic mass is 16.5. The van der Waals surface area contributed by atoms with Crippen molar-refractivity contribution in [2.45, 2.75) is 38.1 Å². The lowest BCUT2D eigenvalue weighted by Crippen LogP contribution is -2.37. The SMILES string of the molecule is O=C(COc1ccc2ccc(=O)oc2c1)NC(c1ccccc1)C1CCCCC1. The van der Waals surface area contributed by atoms with Crippen molar-refractivity contribution in [2.24, 2.45) is 5.92 Å². The van der Waals surface area contributed by atoms with Crippen LogP contribution in [0.5, 0.6) is 5.75 Å². The number of hydrogen-bond acceptors (Lipinski definition) is 4. The van der Waals surface area contributed by atoms with E-state index in [0.29, 0.717) is 17.3 Å². The van der Waals surface area contributed by atoms with E-state index in [0.717, 1.165) is 23.8 Å². The van der Waals surface area contributed by atoms with E-state index in [9.17, 15) is 9.59 Å². The summed E-state index contributed by atoms with van der Waals surface area (Å²) in [6.07, 6.45) is 5.95. The molecule has 3 aromatic rings. The molecule has 0 saturated heterocycles. The molecule has 4 rings (SSSR count). The summed E-state index contributed by atoms with van der Waals surface area (Å²) in [6.45, 7) is -0.0847. The zero-order valence-corrected chi connectivity index (χ0v) is 16.3. The number of carbonyl (C=O) groups is 1. The van der Waals surface area contributed by atoms with Crippen LogP contribution in [0.4, 0.5) is 0 Å². The first-order chi connectivity index (χ1) is 14.2. The molecule has 0 bridgehead atoms. The third-order valence-electron chi connectivity index (χ3n) is 5.56. The fourth-order valence-corrected chi connectivity index (χ4v) is 4.10. The number of nitrogens with one attached hydrogen (secondary N) is 1. The van der Waals surface area contributed by atoms with Gasteiger partial charge in [0.05, 0.1) is 6.04 Å². The van der Waals surface area contributed by atoms with E-state index in [2.05, 4.69) is 17.4 Å². The Hall–Kier alpha value is -3.08. The number of ether oxygens (including phenoxy) is 1. The Balaban J connectivity index is 1.43. The fourth-order valence-electron chi connectivity index (χ4n) is 4.10. The number of amides is 1. The number of benzene rings is 2. The molecule has 0 radical (unpaired) electrons. The molecule has 1 unspecified atom stereocenters. The molecule has 1 atom stereocenters. The Bertz CT molecular complexity index is 1020. The van der Waals surface area contributed by atoms with Crippen LogP contribution in [-0.4, -0.2) is 12.5 Å². The van der Waals surface area contributed by atoms with Crippen molar-refractivity contribution in [1.82, 2.24) is 5.32 Å². The van der Waals surface area contributed by atoms with Gasteiger partial charge in [-0.05, 0) is 42.5 Å². The van der Waals surface area contributed by atoms with Gasteiger partial charge in [-0.1, -0.05) is 49.6 Å². The van der Waals surface area contributed by atoms with Crippen LogP contribution in [-0.2, 0) is 4.79 Å². The summed E-state index contributed by atoms with van der Waals surface area (Å²) in [5.41, 5.74) is 1.17. The van der Waals surface area contributed by atoms with Crippen molar-refractivity contribution in [3.63, 3.8) is 0 Å². The number of rotatable bonds is 6. The quantitative estimate of drug-likeness (QED) is 0.623. The van der Waals surface area contributed by atoms with Crippen molar-refractivity contribution >= 4 is 16.9 Å². The molecule has 1 aromatic heterocycles. The van der Waals surface area contributed by atoms with Crippen LogP contribution in [0.25, 0.3) is 11.0 Å². The Morgan fingerprint density at radius 2 is 1.79 bits per heavy atom. The van der Waals surface area contributed by atoms with Crippen LogP contribution >= 0.6 is 0 Å². The van der Waals surface area contributed by atoms with Gasteiger partial charge >= 0.3 is 5.63 Å². The summed E-state index contributed by atoms with van der Waals surface area (Å²) >= 11 is 0. The zero-order valence-electron chi connectivity index (χ0n) is 16.3. The van der Waals surface area contributed by atoms with Crippen LogP contribution in [0.2, 0.25) is 0 Å². The largest absolute Gasteiger partial charge is 0.484 e. The molecule has 150 valence electrons. The van der Waals surface area contributed by atoms with Crippen LogP contribution in [0.3, 0.4) is 0 Å². The molecule has 1 aliphatic rings. The molecule has 1 amide bonds. The van der Waals surface area contributed by atoms with Crippen LogP contribution < -0.4 is 15.7 Å². The molecular weight excluding hydrogens is 366 g/mol. The Morgan fingerprint density at radius 1 is 1.03 bits per heavy atom. The van der Waals surface area contributed by atoms with Gasteiger partial charge in [0, 0.05) is 17.5 Å². The van der Waals surface area contributed by atoms with Crippen molar-refractivity contribution < 1.29 is 13.9 Å². The minimum atomic E-state index is -0.412. The summed E-state index contributed by atoms with van der Waals surface area (Å²) in [4.78, 5) is 24.0. The van der Waals surface area contributed by atoms with E-state index in [1.165, 1.54) is 25.3 Å². The third kappa shape index (κ3) is 4.86. The van der Waals surface area contributed by atoms with E-state index < -0.39 is 5.63 Å². The van der Waals surface area contributed by atoms with Gasteiger partial charge in [0.25, 0.3) is 5.91 Å². The van der Waals surface area contributed by atoms with Gasteiger partial charge in [-0.3, -0.25) is 4.79 Å². The van der Waals surface area contributed by atoms with Crippen molar-refractivity contribution in [1.29, 1.82) is 0 Å². The minimum absolute atomic E-state index is 0.00206. The normalized spacial score (nSPS) is 15.7. The molecule has 1 fully saturated rings. The zero-order chi connectivity index (χ0) is 20.1. The van der Waals surface area contributed by atoms with Crippen molar-refractivity contribution in [2.75, 3.05) is 6.61 Å². The number of fused-ring (bicyclic) bond motifs is 1. The number of carbonyl (C=O) groups excluding carboxylic acids is 1. The maximum atomic E-state index is 12.7. The lowest BCUT2D eigenvalue weighted by atomic mass is 9.81. The van der Waals surface area contributed by atoms with Crippen molar-refractivity contribution in [3.05, 3.63) is 76.6 Å². The lowest BCUT2D eigenvalue weighted by molar-refractivity contribution is -0.124. The average molecular weight is 391 g/mol. The molecule has 1 aliphatic carbocycles. The lowest BCUT2D eigenvalue weighted by Gasteiger charge is -2.31. The summed E-state index contributed by atoms with van der Waals surface area (Å²) in [7, 11) is 0. The van der Waals surface area contributed by atoms with E-state index in [1.807, 2.05) is 18.2 Å². The number of hydrogen-bond donors (Lipinski definition) is 1. The second-order valence-electron chi connectivity index (χ2n) is 7.60. The summed E-state index contributed by atoms with van der Waals surface area (Å²) < 4.78 is 10.8. The molecule has 29 heavy (non-hydrogen) atoms.